The summed E-state index contributed by atoms with van der Waals surface area (Å²) >= 11 is 11.0. The smallest absolute Gasteiger partial charge is 0.126 e. The Kier molecular flexibility index (Phi) is 5.39. The molecule has 0 amide bonds. The third-order valence-electron chi connectivity index (χ3n) is 0.693. The van der Waals surface area contributed by atoms with E-state index in [0.29, 0.717) is 11.7 Å². The number of hydrogen-bond acceptors (Lipinski definition) is 3. The molecule has 58 valence electrons. The van der Waals surface area contributed by atoms with Crippen molar-refractivity contribution in [1.82, 2.24) is 5.43 Å². The Bertz CT molecular complexity index is 153. The van der Waals surface area contributed by atoms with Crippen LogP contribution in [0.4, 0.5) is 0 Å². The van der Waals surface area contributed by atoms with E-state index in [1.165, 1.54) is 6.08 Å². The highest BCUT2D eigenvalue weighted by molar-refractivity contribution is 6.68. The molecule has 0 aromatic carbocycles. The minimum Gasteiger partial charge on any atom is -0.314 e. The van der Waals surface area contributed by atoms with Gasteiger partial charge in [-0.3, -0.25) is 4.99 Å². The van der Waals surface area contributed by atoms with Gasteiger partial charge in [-0.2, -0.15) is 0 Å². The van der Waals surface area contributed by atoms with Crippen LogP contribution in [0.25, 0.3) is 0 Å². The van der Waals surface area contributed by atoms with Crippen molar-refractivity contribution in [3.63, 3.8) is 0 Å². The number of halogens is 2. The van der Waals surface area contributed by atoms with Crippen LogP contribution in [-0.2, 0) is 0 Å². The molecule has 0 aliphatic carbocycles. The van der Waals surface area contributed by atoms with Crippen LogP contribution in [-0.4, -0.2) is 11.7 Å². The molecular formula is C5H9Cl2N3. The fraction of sp³-hybridized carbons (Fsp3) is 0.400. The predicted molar refractivity (Wildman–Crippen MR) is 45.1 cm³/mol. The zero-order valence-corrected chi connectivity index (χ0v) is 7.08. The number of nitrogens with two attached hydrogens (primary N) is 1. The van der Waals surface area contributed by atoms with E-state index in [4.69, 9.17) is 29.0 Å². The Morgan fingerprint density at radius 2 is 2.30 bits per heavy atom. The summed E-state index contributed by atoms with van der Waals surface area (Å²) in [6, 6.07) is 0. The highest BCUT2D eigenvalue weighted by atomic mass is 35.5. The van der Waals surface area contributed by atoms with Crippen LogP contribution < -0.4 is 11.3 Å². The molecule has 0 aromatic heterocycles. The van der Waals surface area contributed by atoms with E-state index < -0.39 is 0 Å². The molecule has 0 radical (unpaired) electrons. The second-order valence-electron chi connectivity index (χ2n) is 1.43. The van der Waals surface area contributed by atoms with E-state index >= 15 is 0 Å². The largest absolute Gasteiger partial charge is 0.314 e. The number of hydrogen-bond donors (Lipinski definition) is 2. The van der Waals surface area contributed by atoms with Crippen LogP contribution in [0.3, 0.4) is 0 Å². The maximum Gasteiger partial charge on any atom is 0.126 e. The summed E-state index contributed by atoms with van der Waals surface area (Å²) in [5.74, 6) is 4.95. The zero-order valence-electron chi connectivity index (χ0n) is 5.56. The molecule has 0 bridgehead atoms. The fourth-order valence-electron chi connectivity index (χ4n) is 0.343. The second kappa shape index (κ2) is 5.53. The van der Waals surface area contributed by atoms with E-state index in [-0.39, 0.29) is 5.16 Å². The van der Waals surface area contributed by atoms with Gasteiger partial charge >= 0.3 is 0 Å². The lowest BCUT2D eigenvalue weighted by atomic mass is 10.6. The van der Waals surface area contributed by atoms with Crippen molar-refractivity contribution in [2.75, 3.05) is 6.54 Å². The molecule has 0 aliphatic heterocycles. The summed E-state index contributed by atoms with van der Waals surface area (Å²) in [6.45, 7) is 2.50. The standard InChI is InChI=1S/C5H9Cl2N3/c1-2-9-4(6)3-5(7)10-8/h3,10H,2,8H2,1H3/b5-3-,9-4?. The average Bonchev–Trinajstić information content (AvgIpc) is 1.88. The maximum atomic E-state index is 5.55. The molecule has 0 atom stereocenters. The summed E-state index contributed by atoms with van der Waals surface area (Å²) < 4.78 is 0. The minimum atomic E-state index is 0.266. The molecule has 3 nitrogen and oxygen atoms in total. The number of nitrogens with zero attached hydrogens (tertiary/aromatic N) is 1. The summed E-state index contributed by atoms with van der Waals surface area (Å²) in [5.41, 5.74) is 2.22. The molecule has 0 spiro atoms. The molecule has 0 unspecified atom stereocenters. The van der Waals surface area contributed by atoms with Gasteiger partial charge in [0.1, 0.15) is 10.3 Å². The number of hydrazine groups is 1. The molecule has 0 aliphatic rings. The lowest BCUT2D eigenvalue weighted by Crippen LogP contribution is -2.18. The van der Waals surface area contributed by atoms with E-state index in [2.05, 4.69) is 10.4 Å². The zero-order chi connectivity index (χ0) is 7.98. The third-order valence-corrected chi connectivity index (χ3v) is 1.14. The third kappa shape index (κ3) is 4.61. The van der Waals surface area contributed by atoms with Gasteiger partial charge in [0.25, 0.3) is 0 Å². The Labute approximate surface area is 69.9 Å². The van der Waals surface area contributed by atoms with Gasteiger partial charge in [0.05, 0.1) is 0 Å². The molecule has 0 saturated carbocycles. The average molecular weight is 182 g/mol. The first-order valence-corrected chi connectivity index (χ1v) is 3.50. The molecule has 0 aromatic rings. The molecule has 0 heterocycles. The van der Waals surface area contributed by atoms with Crippen LogP contribution in [0.15, 0.2) is 16.2 Å². The van der Waals surface area contributed by atoms with E-state index in [1.807, 2.05) is 6.92 Å². The number of aliphatic imine (C=N–C) groups is 1. The molecule has 5 heteroatoms. The van der Waals surface area contributed by atoms with Crippen LogP contribution in [0.5, 0.6) is 0 Å². The molecule has 0 rings (SSSR count). The van der Waals surface area contributed by atoms with Gasteiger partial charge in [0.15, 0.2) is 0 Å². The summed E-state index contributed by atoms with van der Waals surface area (Å²) in [7, 11) is 0. The Hall–Kier alpha value is -0.250. The first kappa shape index (κ1) is 9.75. The number of allylic oxidation sites excluding steroid dienone is 1. The van der Waals surface area contributed by atoms with Gasteiger partial charge in [-0.05, 0) is 6.92 Å². The second-order valence-corrected chi connectivity index (χ2v) is 2.23. The first-order chi connectivity index (χ1) is 4.70. The monoisotopic (exact) mass is 181 g/mol. The fourth-order valence-corrected chi connectivity index (χ4v) is 0.731. The maximum absolute atomic E-state index is 5.55. The van der Waals surface area contributed by atoms with Crippen molar-refractivity contribution in [3.8, 4) is 0 Å². The molecule has 10 heavy (non-hydrogen) atoms. The highest BCUT2D eigenvalue weighted by Gasteiger charge is 1.89. The summed E-state index contributed by atoms with van der Waals surface area (Å²) in [6.07, 6.45) is 1.44. The Morgan fingerprint density at radius 1 is 1.70 bits per heavy atom. The number of rotatable bonds is 3. The van der Waals surface area contributed by atoms with Gasteiger partial charge in [0, 0.05) is 12.6 Å². The van der Waals surface area contributed by atoms with Crippen molar-refractivity contribution in [2.45, 2.75) is 6.92 Å². The molecule has 3 N–H and O–H groups in total. The van der Waals surface area contributed by atoms with E-state index in [1.54, 1.807) is 0 Å². The number of nitrogens with one attached hydrogen (secondary N) is 1. The van der Waals surface area contributed by atoms with Gasteiger partial charge < -0.3 is 5.43 Å². The highest BCUT2D eigenvalue weighted by Crippen LogP contribution is 1.97. The van der Waals surface area contributed by atoms with Crippen molar-refractivity contribution in [3.05, 3.63) is 11.2 Å². The van der Waals surface area contributed by atoms with Gasteiger partial charge in [-0.1, -0.05) is 23.2 Å². The van der Waals surface area contributed by atoms with E-state index in [9.17, 15) is 0 Å². The van der Waals surface area contributed by atoms with Crippen molar-refractivity contribution >= 4 is 28.4 Å². The minimum absolute atomic E-state index is 0.266. The van der Waals surface area contributed by atoms with E-state index in [0.717, 1.165) is 0 Å². The summed E-state index contributed by atoms with van der Waals surface area (Å²) in [4.78, 5) is 3.84. The molecule has 0 saturated heterocycles. The SMILES string of the molecule is CCN=C(Cl)/C=C(/Cl)NN. The van der Waals surface area contributed by atoms with Crippen molar-refractivity contribution in [2.24, 2.45) is 10.8 Å². The first-order valence-electron chi connectivity index (χ1n) is 2.74. The van der Waals surface area contributed by atoms with Gasteiger partial charge in [-0.25, -0.2) is 5.84 Å². The summed E-state index contributed by atoms with van der Waals surface area (Å²) in [5, 5.41) is 0.604. The van der Waals surface area contributed by atoms with Gasteiger partial charge in [0.2, 0.25) is 0 Å². The van der Waals surface area contributed by atoms with Crippen molar-refractivity contribution < 1.29 is 0 Å². The van der Waals surface area contributed by atoms with Crippen LogP contribution in [0, 0.1) is 0 Å². The van der Waals surface area contributed by atoms with Crippen LogP contribution in [0.2, 0.25) is 0 Å². The van der Waals surface area contributed by atoms with Crippen LogP contribution >= 0.6 is 23.2 Å². The van der Waals surface area contributed by atoms with Gasteiger partial charge in [-0.15, -0.1) is 0 Å². The lowest BCUT2D eigenvalue weighted by molar-refractivity contribution is 0.946. The predicted octanol–water partition coefficient (Wildman–Crippen LogP) is 1.19. The van der Waals surface area contributed by atoms with Crippen molar-refractivity contribution in [1.29, 1.82) is 0 Å². The Morgan fingerprint density at radius 3 is 2.70 bits per heavy atom. The topological polar surface area (TPSA) is 50.4 Å². The molecule has 0 fully saturated rings. The van der Waals surface area contributed by atoms with Crippen LogP contribution in [0.1, 0.15) is 6.92 Å². The quantitative estimate of drug-likeness (QED) is 0.298. The Balaban J connectivity index is 3.98. The lowest BCUT2D eigenvalue weighted by Gasteiger charge is -1.93. The normalized spacial score (nSPS) is 13.6. The molecular weight excluding hydrogens is 173 g/mol.